The van der Waals surface area contributed by atoms with E-state index in [1.165, 1.54) is 12.1 Å². The maximum absolute atomic E-state index is 14.0. The number of hydrogen-bond donors (Lipinski definition) is 1. The number of carbonyl (C=O) groups is 2. The van der Waals surface area contributed by atoms with Gasteiger partial charge in [-0.15, -0.1) is 0 Å². The fourth-order valence-corrected chi connectivity index (χ4v) is 4.55. The summed E-state index contributed by atoms with van der Waals surface area (Å²) >= 11 is 0. The van der Waals surface area contributed by atoms with E-state index >= 15 is 0 Å². The molecule has 4 aromatic rings. The van der Waals surface area contributed by atoms with Crippen LogP contribution in [0.1, 0.15) is 15.9 Å². The highest BCUT2D eigenvalue weighted by Gasteiger charge is 2.24. The third-order valence-corrected chi connectivity index (χ3v) is 6.42. The molecule has 1 N–H and O–H groups in total. The van der Waals surface area contributed by atoms with Gasteiger partial charge in [-0.1, -0.05) is 54.6 Å². The van der Waals surface area contributed by atoms with Gasteiger partial charge in [0.2, 0.25) is 5.91 Å². The van der Waals surface area contributed by atoms with Crippen LogP contribution < -0.4 is 10.2 Å². The quantitative estimate of drug-likeness (QED) is 0.443. The van der Waals surface area contributed by atoms with E-state index in [4.69, 9.17) is 0 Å². The SMILES string of the molecule is O=C(Cc1cccc2ccccc12)Nc1ccc(N2CCN(C(=O)c3ccccc3F)CC2)cc1. The lowest BCUT2D eigenvalue weighted by molar-refractivity contribution is -0.115. The Hall–Kier alpha value is -4.19. The van der Waals surface area contributed by atoms with Crippen LogP contribution in [-0.2, 0) is 11.2 Å². The summed E-state index contributed by atoms with van der Waals surface area (Å²) in [6.45, 7) is 2.37. The van der Waals surface area contributed by atoms with Gasteiger partial charge in [-0.05, 0) is 52.7 Å². The standard InChI is InChI=1S/C29H26FN3O2/c30-27-11-4-3-10-26(27)29(35)33-18-16-32(17-19-33)24-14-12-23(13-15-24)31-28(34)20-22-8-5-7-21-6-1-2-9-25(21)22/h1-15H,16-20H2,(H,31,34). The first-order chi connectivity index (χ1) is 17.1. The topological polar surface area (TPSA) is 52.7 Å². The largest absolute Gasteiger partial charge is 0.368 e. The van der Waals surface area contributed by atoms with Gasteiger partial charge in [0.1, 0.15) is 5.82 Å². The van der Waals surface area contributed by atoms with Crippen molar-refractivity contribution < 1.29 is 14.0 Å². The van der Waals surface area contributed by atoms with Crippen molar-refractivity contribution in [1.82, 2.24) is 4.90 Å². The molecule has 0 aliphatic carbocycles. The molecule has 0 atom stereocenters. The van der Waals surface area contributed by atoms with Crippen LogP contribution in [0.4, 0.5) is 15.8 Å². The van der Waals surface area contributed by atoms with E-state index in [9.17, 15) is 14.0 Å². The number of nitrogens with zero attached hydrogens (tertiary/aromatic N) is 2. The molecule has 0 radical (unpaired) electrons. The lowest BCUT2D eigenvalue weighted by Crippen LogP contribution is -2.49. The Morgan fingerprint density at radius 2 is 1.46 bits per heavy atom. The van der Waals surface area contributed by atoms with Crippen molar-refractivity contribution in [3.8, 4) is 0 Å². The molecule has 0 saturated carbocycles. The Kier molecular flexibility index (Phi) is 6.44. The van der Waals surface area contributed by atoms with E-state index in [1.807, 2.05) is 66.7 Å². The van der Waals surface area contributed by atoms with Crippen LogP contribution in [0.3, 0.4) is 0 Å². The Morgan fingerprint density at radius 1 is 0.771 bits per heavy atom. The van der Waals surface area contributed by atoms with Crippen LogP contribution in [0.5, 0.6) is 0 Å². The highest BCUT2D eigenvalue weighted by atomic mass is 19.1. The second kappa shape index (κ2) is 9.97. The fraction of sp³-hybridized carbons (Fsp3) is 0.172. The summed E-state index contributed by atoms with van der Waals surface area (Å²) in [7, 11) is 0. The zero-order valence-electron chi connectivity index (χ0n) is 19.3. The number of carbonyl (C=O) groups excluding carboxylic acids is 2. The zero-order chi connectivity index (χ0) is 24.2. The first-order valence-electron chi connectivity index (χ1n) is 11.7. The number of benzene rings is 4. The number of hydrogen-bond acceptors (Lipinski definition) is 3. The van der Waals surface area contributed by atoms with Crippen molar-refractivity contribution in [2.75, 3.05) is 36.4 Å². The van der Waals surface area contributed by atoms with Crippen LogP contribution >= 0.6 is 0 Å². The molecular formula is C29H26FN3O2. The second-order valence-electron chi connectivity index (χ2n) is 8.67. The van der Waals surface area contributed by atoms with E-state index < -0.39 is 5.82 Å². The number of nitrogens with one attached hydrogen (secondary N) is 1. The first-order valence-corrected chi connectivity index (χ1v) is 11.7. The van der Waals surface area contributed by atoms with Gasteiger partial charge >= 0.3 is 0 Å². The number of piperazine rings is 1. The molecule has 0 bridgehead atoms. The van der Waals surface area contributed by atoms with Crippen molar-refractivity contribution >= 4 is 34.0 Å². The molecular weight excluding hydrogens is 441 g/mol. The summed E-state index contributed by atoms with van der Waals surface area (Å²) in [5.41, 5.74) is 2.88. The molecule has 35 heavy (non-hydrogen) atoms. The zero-order valence-corrected chi connectivity index (χ0v) is 19.3. The van der Waals surface area contributed by atoms with E-state index in [0.717, 1.165) is 27.7 Å². The van der Waals surface area contributed by atoms with E-state index in [-0.39, 0.29) is 17.4 Å². The Balaban J connectivity index is 1.17. The minimum Gasteiger partial charge on any atom is -0.368 e. The number of rotatable bonds is 5. The Bertz CT molecular complexity index is 1360. The Labute approximate surface area is 203 Å². The summed E-state index contributed by atoms with van der Waals surface area (Å²) in [5.74, 6) is -0.820. The summed E-state index contributed by atoms with van der Waals surface area (Å²) < 4.78 is 14.0. The predicted molar refractivity (Wildman–Crippen MR) is 137 cm³/mol. The van der Waals surface area contributed by atoms with E-state index in [0.29, 0.717) is 32.6 Å². The van der Waals surface area contributed by atoms with E-state index in [1.54, 1.807) is 17.0 Å². The van der Waals surface area contributed by atoms with Crippen LogP contribution in [0, 0.1) is 5.82 Å². The molecule has 1 fully saturated rings. The average Bonchev–Trinajstić information content (AvgIpc) is 2.89. The molecule has 1 heterocycles. The van der Waals surface area contributed by atoms with Crippen molar-refractivity contribution in [2.24, 2.45) is 0 Å². The molecule has 0 unspecified atom stereocenters. The van der Waals surface area contributed by atoms with Crippen LogP contribution in [0.2, 0.25) is 0 Å². The number of halogens is 1. The maximum Gasteiger partial charge on any atom is 0.256 e. The van der Waals surface area contributed by atoms with Gasteiger partial charge in [-0.25, -0.2) is 4.39 Å². The molecule has 6 heteroatoms. The highest BCUT2D eigenvalue weighted by Crippen LogP contribution is 2.22. The van der Waals surface area contributed by atoms with Gasteiger partial charge in [0, 0.05) is 37.6 Å². The third kappa shape index (κ3) is 5.01. The smallest absolute Gasteiger partial charge is 0.256 e. The number of anilines is 2. The van der Waals surface area contributed by atoms with Gasteiger partial charge in [0.05, 0.1) is 12.0 Å². The highest BCUT2D eigenvalue weighted by molar-refractivity contribution is 5.96. The van der Waals surface area contributed by atoms with Crippen molar-refractivity contribution in [3.63, 3.8) is 0 Å². The molecule has 1 saturated heterocycles. The fourth-order valence-electron chi connectivity index (χ4n) is 4.55. The molecule has 5 nitrogen and oxygen atoms in total. The summed E-state index contributed by atoms with van der Waals surface area (Å²) in [5, 5.41) is 5.20. The van der Waals surface area contributed by atoms with Crippen LogP contribution in [0.15, 0.2) is 91.0 Å². The lowest BCUT2D eigenvalue weighted by Gasteiger charge is -2.36. The molecule has 4 aromatic carbocycles. The molecule has 5 rings (SSSR count). The van der Waals surface area contributed by atoms with Gasteiger partial charge in [0.15, 0.2) is 0 Å². The van der Waals surface area contributed by atoms with E-state index in [2.05, 4.69) is 10.2 Å². The summed E-state index contributed by atoms with van der Waals surface area (Å²) in [4.78, 5) is 29.2. The number of fused-ring (bicyclic) bond motifs is 1. The minimum atomic E-state index is -0.488. The monoisotopic (exact) mass is 467 g/mol. The molecule has 176 valence electrons. The lowest BCUT2D eigenvalue weighted by atomic mass is 10.0. The number of amides is 2. The average molecular weight is 468 g/mol. The second-order valence-corrected chi connectivity index (χ2v) is 8.67. The molecule has 1 aliphatic rings. The molecule has 0 spiro atoms. The minimum absolute atomic E-state index is 0.0608. The maximum atomic E-state index is 14.0. The molecule has 0 aromatic heterocycles. The predicted octanol–water partition coefficient (Wildman–Crippen LogP) is 5.12. The first kappa shape index (κ1) is 22.6. The van der Waals surface area contributed by atoms with Crippen LogP contribution in [0.25, 0.3) is 10.8 Å². The van der Waals surface area contributed by atoms with Crippen molar-refractivity contribution in [3.05, 3.63) is 108 Å². The van der Waals surface area contributed by atoms with Crippen LogP contribution in [-0.4, -0.2) is 42.9 Å². The normalized spacial score (nSPS) is 13.6. The van der Waals surface area contributed by atoms with Gasteiger partial charge in [-0.3, -0.25) is 9.59 Å². The van der Waals surface area contributed by atoms with Gasteiger partial charge in [-0.2, -0.15) is 0 Å². The summed E-state index contributed by atoms with van der Waals surface area (Å²) in [6.07, 6.45) is 0.307. The molecule has 2 amide bonds. The summed E-state index contributed by atoms with van der Waals surface area (Å²) in [6, 6.07) is 27.9. The molecule has 1 aliphatic heterocycles. The van der Waals surface area contributed by atoms with Gasteiger partial charge < -0.3 is 15.1 Å². The third-order valence-electron chi connectivity index (χ3n) is 6.42. The Morgan fingerprint density at radius 3 is 2.23 bits per heavy atom. The van der Waals surface area contributed by atoms with Crippen molar-refractivity contribution in [1.29, 1.82) is 0 Å². The van der Waals surface area contributed by atoms with Gasteiger partial charge in [0.25, 0.3) is 5.91 Å². The van der Waals surface area contributed by atoms with Crippen molar-refractivity contribution in [2.45, 2.75) is 6.42 Å².